The fourth-order valence-corrected chi connectivity index (χ4v) is 1.46. The summed E-state index contributed by atoms with van der Waals surface area (Å²) in [4.78, 5) is 10.9. The van der Waals surface area contributed by atoms with Crippen LogP contribution in [0.2, 0.25) is 0 Å². The van der Waals surface area contributed by atoms with Crippen LogP contribution in [0.25, 0.3) is 0 Å². The van der Waals surface area contributed by atoms with E-state index in [1.165, 1.54) is 0 Å². The first-order valence-electron chi connectivity index (χ1n) is 3.83. The van der Waals surface area contributed by atoms with Gasteiger partial charge in [-0.2, -0.15) is 0 Å². The zero-order chi connectivity index (χ0) is 8.65. The Morgan fingerprint density at radius 2 is 2.18 bits per heavy atom. The van der Waals surface area contributed by atoms with Crippen molar-refractivity contribution in [2.24, 2.45) is 5.92 Å². The van der Waals surface area contributed by atoms with Gasteiger partial charge in [-0.15, -0.1) is 0 Å². The summed E-state index contributed by atoms with van der Waals surface area (Å²) >= 11 is 0. The van der Waals surface area contributed by atoms with Crippen molar-refractivity contribution in [3.63, 3.8) is 0 Å². The maximum atomic E-state index is 10.9. The fourth-order valence-electron chi connectivity index (χ4n) is 1.46. The molecule has 0 bridgehead atoms. The van der Waals surface area contributed by atoms with Gasteiger partial charge < -0.3 is 9.84 Å². The normalized spacial score (nSPS) is 36.5. The summed E-state index contributed by atoms with van der Waals surface area (Å²) in [7, 11) is 0. The SMILES string of the molecule is C[C@H]1CC(=O)OC(C)(C)[C@@H]1O. The van der Waals surface area contributed by atoms with Crippen molar-refractivity contribution < 1.29 is 14.6 Å². The van der Waals surface area contributed by atoms with Gasteiger partial charge in [0.15, 0.2) is 0 Å². The number of ether oxygens (including phenoxy) is 1. The van der Waals surface area contributed by atoms with Gasteiger partial charge in [0, 0.05) is 0 Å². The molecule has 1 N–H and O–H groups in total. The molecule has 1 rings (SSSR count). The van der Waals surface area contributed by atoms with Crippen molar-refractivity contribution in [1.82, 2.24) is 0 Å². The van der Waals surface area contributed by atoms with Crippen LogP contribution in [0.15, 0.2) is 0 Å². The summed E-state index contributed by atoms with van der Waals surface area (Å²) < 4.78 is 4.97. The second-order valence-electron chi connectivity index (χ2n) is 3.70. The molecule has 1 aliphatic heterocycles. The van der Waals surface area contributed by atoms with Crippen LogP contribution >= 0.6 is 0 Å². The Labute approximate surface area is 66.4 Å². The zero-order valence-electron chi connectivity index (χ0n) is 7.13. The second-order valence-corrected chi connectivity index (χ2v) is 3.70. The topological polar surface area (TPSA) is 46.5 Å². The lowest BCUT2D eigenvalue weighted by Gasteiger charge is -2.38. The highest BCUT2D eigenvalue weighted by Crippen LogP contribution is 2.29. The highest BCUT2D eigenvalue weighted by atomic mass is 16.6. The van der Waals surface area contributed by atoms with E-state index in [0.717, 1.165) is 0 Å². The minimum absolute atomic E-state index is 0.00579. The van der Waals surface area contributed by atoms with Crippen LogP contribution in [-0.4, -0.2) is 22.8 Å². The summed E-state index contributed by atoms with van der Waals surface area (Å²) in [5.74, 6) is -0.209. The number of rotatable bonds is 0. The molecule has 0 spiro atoms. The molecule has 0 aliphatic carbocycles. The lowest BCUT2D eigenvalue weighted by atomic mass is 9.86. The average molecular weight is 158 g/mol. The molecule has 1 saturated heterocycles. The van der Waals surface area contributed by atoms with E-state index in [2.05, 4.69) is 0 Å². The molecule has 1 fully saturated rings. The Kier molecular flexibility index (Phi) is 1.92. The molecule has 0 amide bonds. The number of aliphatic hydroxyl groups is 1. The molecule has 11 heavy (non-hydrogen) atoms. The van der Waals surface area contributed by atoms with Gasteiger partial charge in [0.2, 0.25) is 0 Å². The van der Waals surface area contributed by atoms with E-state index < -0.39 is 11.7 Å². The molecular formula is C8H14O3. The summed E-state index contributed by atoms with van der Waals surface area (Å²) in [6, 6.07) is 0. The summed E-state index contributed by atoms with van der Waals surface area (Å²) in [6.45, 7) is 5.31. The quantitative estimate of drug-likeness (QED) is 0.528. The Hall–Kier alpha value is -0.570. The van der Waals surface area contributed by atoms with E-state index in [4.69, 9.17) is 4.74 Å². The number of carbonyl (C=O) groups excluding carboxylic acids is 1. The lowest BCUT2D eigenvalue weighted by Crippen LogP contribution is -2.49. The third-order valence-corrected chi connectivity index (χ3v) is 2.12. The number of carbonyl (C=O) groups is 1. The van der Waals surface area contributed by atoms with Gasteiger partial charge in [0.25, 0.3) is 0 Å². The highest BCUT2D eigenvalue weighted by molar-refractivity contribution is 5.71. The van der Waals surface area contributed by atoms with Crippen molar-refractivity contribution in [2.45, 2.75) is 38.9 Å². The van der Waals surface area contributed by atoms with Gasteiger partial charge in [0.05, 0.1) is 12.5 Å². The standard InChI is InChI=1S/C8H14O3/c1-5-4-6(9)11-8(2,3)7(5)10/h5,7,10H,4H2,1-3H3/t5-,7+/m0/s1. The smallest absolute Gasteiger partial charge is 0.306 e. The van der Waals surface area contributed by atoms with E-state index in [0.29, 0.717) is 6.42 Å². The molecule has 64 valence electrons. The molecular weight excluding hydrogens is 144 g/mol. The molecule has 0 unspecified atom stereocenters. The van der Waals surface area contributed by atoms with Crippen LogP contribution in [0.3, 0.4) is 0 Å². The highest BCUT2D eigenvalue weighted by Gasteiger charge is 2.40. The number of cyclic esters (lactones) is 1. The second kappa shape index (κ2) is 2.48. The largest absolute Gasteiger partial charge is 0.457 e. The first kappa shape index (κ1) is 8.53. The fraction of sp³-hybridized carbons (Fsp3) is 0.875. The Balaban J connectivity index is 2.75. The summed E-state index contributed by atoms with van der Waals surface area (Å²) in [5, 5.41) is 9.55. The third-order valence-electron chi connectivity index (χ3n) is 2.12. The average Bonchev–Trinajstić information content (AvgIpc) is 1.81. The van der Waals surface area contributed by atoms with Crippen LogP contribution in [0.5, 0.6) is 0 Å². The molecule has 1 heterocycles. The predicted octanol–water partition coefficient (Wildman–Crippen LogP) is 0.709. The van der Waals surface area contributed by atoms with Gasteiger partial charge in [0.1, 0.15) is 5.60 Å². The molecule has 2 atom stereocenters. The van der Waals surface area contributed by atoms with E-state index in [1.807, 2.05) is 6.92 Å². The number of hydrogen-bond acceptors (Lipinski definition) is 3. The lowest BCUT2D eigenvalue weighted by molar-refractivity contribution is -0.187. The van der Waals surface area contributed by atoms with Crippen molar-refractivity contribution in [3.8, 4) is 0 Å². The number of hydrogen-bond donors (Lipinski definition) is 1. The Morgan fingerprint density at radius 1 is 1.64 bits per heavy atom. The molecule has 3 nitrogen and oxygen atoms in total. The Bertz CT molecular complexity index is 174. The van der Waals surface area contributed by atoms with Crippen LogP contribution in [0.1, 0.15) is 27.2 Å². The molecule has 0 saturated carbocycles. The van der Waals surface area contributed by atoms with Crippen molar-refractivity contribution in [3.05, 3.63) is 0 Å². The van der Waals surface area contributed by atoms with Gasteiger partial charge in [-0.3, -0.25) is 4.79 Å². The van der Waals surface area contributed by atoms with Crippen molar-refractivity contribution >= 4 is 5.97 Å². The number of aliphatic hydroxyl groups excluding tert-OH is 1. The molecule has 0 aromatic carbocycles. The molecule has 3 heteroatoms. The summed E-state index contributed by atoms with van der Waals surface area (Å²) in [5.41, 5.74) is -0.714. The van der Waals surface area contributed by atoms with Crippen LogP contribution in [-0.2, 0) is 9.53 Å². The van der Waals surface area contributed by atoms with E-state index in [-0.39, 0.29) is 11.9 Å². The van der Waals surface area contributed by atoms with Crippen LogP contribution in [0, 0.1) is 5.92 Å². The first-order chi connectivity index (χ1) is 4.93. The maximum Gasteiger partial charge on any atom is 0.306 e. The number of esters is 1. The summed E-state index contributed by atoms with van der Waals surface area (Å²) in [6.07, 6.45) is -0.217. The van der Waals surface area contributed by atoms with Crippen molar-refractivity contribution in [2.75, 3.05) is 0 Å². The predicted molar refractivity (Wildman–Crippen MR) is 40.0 cm³/mol. The molecule has 0 aromatic heterocycles. The van der Waals surface area contributed by atoms with Crippen LogP contribution in [0.4, 0.5) is 0 Å². The van der Waals surface area contributed by atoms with Gasteiger partial charge in [-0.1, -0.05) is 6.92 Å². The molecule has 0 aromatic rings. The first-order valence-corrected chi connectivity index (χ1v) is 3.83. The van der Waals surface area contributed by atoms with Crippen LogP contribution < -0.4 is 0 Å². The third kappa shape index (κ3) is 1.53. The van der Waals surface area contributed by atoms with E-state index in [9.17, 15) is 9.90 Å². The maximum absolute atomic E-state index is 10.9. The zero-order valence-corrected chi connectivity index (χ0v) is 7.13. The van der Waals surface area contributed by atoms with Gasteiger partial charge >= 0.3 is 5.97 Å². The minimum atomic E-state index is -0.714. The minimum Gasteiger partial charge on any atom is -0.457 e. The molecule has 0 radical (unpaired) electrons. The van der Waals surface area contributed by atoms with E-state index >= 15 is 0 Å². The molecule has 1 aliphatic rings. The van der Waals surface area contributed by atoms with Gasteiger partial charge in [-0.05, 0) is 19.8 Å². The Morgan fingerprint density at radius 3 is 2.64 bits per heavy atom. The van der Waals surface area contributed by atoms with E-state index in [1.54, 1.807) is 13.8 Å². The van der Waals surface area contributed by atoms with Crippen molar-refractivity contribution in [1.29, 1.82) is 0 Å². The van der Waals surface area contributed by atoms with Gasteiger partial charge in [-0.25, -0.2) is 0 Å². The monoisotopic (exact) mass is 158 g/mol.